The molecular weight excluding hydrogens is 374 g/mol. The van der Waals surface area contributed by atoms with Crippen LogP contribution in [-0.4, -0.2) is 12.5 Å². The normalized spacial score (nSPS) is 37.4. The minimum Gasteiger partial charge on any atom is -0.431 e. The van der Waals surface area contributed by atoms with Crippen molar-refractivity contribution in [1.82, 2.24) is 0 Å². The molecule has 5 nitrogen and oxygen atoms in total. The topological polar surface area (TPSA) is 75.1 Å². The lowest BCUT2D eigenvalue weighted by atomic mass is 9.59. The molecule has 7 atom stereocenters. The molecule has 166 valence electrons. The molecule has 5 heteroatoms. The van der Waals surface area contributed by atoms with Crippen LogP contribution in [-0.2, 0) is 9.53 Å². The summed E-state index contributed by atoms with van der Waals surface area (Å²) in [6.07, 6.45) is 13.1. The Kier molecular flexibility index (Phi) is 6.48. The number of ether oxygens (including phenoxy) is 1. The molecule has 4 unspecified atom stereocenters. The zero-order valence-electron chi connectivity index (χ0n) is 19.1. The average molecular weight is 414 g/mol. The number of hydrogen-bond acceptors (Lipinski definition) is 3. The van der Waals surface area contributed by atoms with Crippen molar-refractivity contribution >= 4 is 5.97 Å². The lowest BCUT2D eigenvalue weighted by Crippen LogP contribution is -2.43. The zero-order valence-corrected chi connectivity index (χ0v) is 19.1. The third kappa shape index (κ3) is 3.90. The number of carbonyl (C=O) groups excluding carboxylic acids is 1. The Morgan fingerprint density at radius 1 is 1.17 bits per heavy atom. The van der Waals surface area contributed by atoms with E-state index in [1.165, 1.54) is 56.9 Å². The molecule has 2 saturated carbocycles. The van der Waals surface area contributed by atoms with Crippen molar-refractivity contribution < 1.29 is 9.53 Å². The third-order valence-corrected chi connectivity index (χ3v) is 9.20. The first-order chi connectivity index (χ1) is 14.5. The van der Waals surface area contributed by atoms with Gasteiger partial charge in [-0.05, 0) is 78.7 Å². The minimum absolute atomic E-state index is 0.0771. The van der Waals surface area contributed by atoms with Crippen molar-refractivity contribution in [2.45, 2.75) is 91.4 Å². The van der Waals surface area contributed by atoms with Gasteiger partial charge in [-0.3, -0.25) is 4.79 Å². The van der Waals surface area contributed by atoms with E-state index < -0.39 is 0 Å². The highest BCUT2D eigenvalue weighted by molar-refractivity contribution is 5.76. The molecule has 0 spiro atoms. The summed E-state index contributed by atoms with van der Waals surface area (Å²) in [7, 11) is 0. The van der Waals surface area contributed by atoms with Gasteiger partial charge < -0.3 is 4.74 Å². The van der Waals surface area contributed by atoms with E-state index in [2.05, 4.69) is 30.8 Å². The maximum Gasteiger partial charge on any atom is 0.314 e. The molecule has 3 aliphatic carbocycles. The summed E-state index contributed by atoms with van der Waals surface area (Å²) in [4.78, 5) is 15.7. The van der Waals surface area contributed by atoms with Gasteiger partial charge in [-0.2, -0.15) is 0 Å². The predicted molar refractivity (Wildman–Crippen MR) is 118 cm³/mol. The molecule has 0 aromatic rings. The van der Waals surface area contributed by atoms with E-state index in [0.29, 0.717) is 36.1 Å². The van der Waals surface area contributed by atoms with Gasteiger partial charge in [0.1, 0.15) is 5.76 Å². The fourth-order valence-corrected chi connectivity index (χ4v) is 7.52. The highest BCUT2D eigenvalue weighted by Gasteiger charge is 2.55. The maximum absolute atomic E-state index is 12.8. The number of esters is 1. The molecule has 2 fully saturated rings. The predicted octanol–water partition coefficient (Wildman–Crippen LogP) is 7.18. The summed E-state index contributed by atoms with van der Waals surface area (Å²) in [5, 5.41) is 3.72. The summed E-state index contributed by atoms with van der Waals surface area (Å²) in [5.74, 6) is 4.14. The van der Waals surface area contributed by atoms with Crippen molar-refractivity contribution in [1.29, 1.82) is 0 Å². The zero-order chi connectivity index (χ0) is 21.3. The Bertz CT molecular complexity index is 741. The first kappa shape index (κ1) is 21.7. The molecule has 0 amide bonds. The van der Waals surface area contributed by atoms with E-state index >= 15 is 0 Å². The van der Waals surface area contributed by atoms with Gasteiger partial charge in [0.05, 0.1) is 5.92 Å². The maximum atomic E-state index is 12.8. The molecule has 0 bridgehead atoms. The molecule has 0 N–H and O–H groups in total. The van der Waals surface area contributed by atoms with Crippen LogP contribution in [0, 0.1) is 40.9 Å². The summed E-state index contributed by atoms with van der Waals surface area (Å²) in [5.41, 5.74) is 10.3. The van der Waals surface area contributed by atoms with Crippen molar-refractivity contribution in [3.63, 3.8) is 0 Å². The molecular formula is C25H39N3O2. The van der Waals surface area contributed by atoms with Crippen molar-refractivity contribution in [2.75, 3.05) is 6.54 Å². The minimum atomic E-state index is 0.0771. The van der Waals surface area contributed by atoms with E-state index in [1.54, 1.807) is 0 Å². The first-order valence-electron chi connectivity index (χ1n) is 12.4. The molecule has 1 heterocycles. The summed E-state index contributed by atoms with van der Waals surface area (Å²) < 4.78 is 6.12. The quantitative estimate of drug-likeness (QED) is 0.192. The molecule has 0 saturated heterocycles. The first-order valence-corrected chi connectivity index (χ1v) is 12.4. The molecule has 4 rings (SSSR count). The number of azide groups is 1. The second kappa shape index (κ2) is 8.94. The Balaban J connectivity index is 1.42. The summed E-state index contributed by atoms with van der Waals surface area (Å²) >= 11 is 0. The van der Waals surface area contributed by atoms with Gasteiger partial charge in [0.2, 0.25) is 0 Å². The smallest absolute Gasteiger partial charge is 0.314 e. The Labute approximate surface area is 181 Å². The van der Waals surface area contributed by atoms with Gasteiger partial charge in [-0.15, -0.1) is 0 Å². The fourth-order valence-electron chi connectivity index (χ4n) is 7.52. The van der Waals surface area contributed by atoms with Crippen LogP contribution in [0.4, 0.5) is 0 Å². The van der Waals surface area contributed by atoms with Gasteiger partial charge in [0.25, 0.3) is 0 Å². The molecule has 0 aromatic heterocycles. The van der Waals surface area contributed by atoms with Gasteiger partial charge in [0, 0.05) is 17.4 Å². The van der Waals surface area contributed by atoms with Crippen LogP contribution in [0.5, 0.6) is 0 Å². The highest BCUT2D eigenvalue weighted by Crippen LogP contribution is 2.62. The SMILES string of the molecule is CC(CCC[C@@H](C)C1CC[C@H]2C3=C(CC[C@]12C)C1CCCCC1C(=O)O3)CN=[N+]=[N-]. The van der Waals surface area contributed by atoms with Crippen molar-refractivity contribution in [3.8, 4) is 0 Å². The monoisotopic (exact) mass is 413 g/mol. The number of carbonyl (C=O) groups is 1. The van der Waals surface area contributed by atoms with Crippen LogP contribution >= 0.6 is 0 Å². The number of allylic oxidation sites excluding steroid dienone is 2. The summed E-state index contributed by atoms with van der Waals surface area (Å²) in [6.45, 7) is 7.71. The molecule has 30 heavy (non-hydrogen) atoms. The molecule has 1 aliphatic heterocycles. The van der Waals surface area contributed by atoms with E-state index in [0.717, 1.165) is 25.0 Å². The average Bonchev–Trinajstić information content (AvgIpc) is 3.10. The second-order valence-corrected chi connectivity index (χ2v) is 11.0. The Morgan fingerprint density at radius 2 is 1.93 bits per heavy atom. The van der Waals surface area contributed by atoms with E-state index in [4.69, 9.17) is 10.3 Å². The van der Waals surface area contributed by atoms with Gasteiger partial charge >= 0.3 is 5.97 Å². The van der Waals surface area contributed by atoms with Gasteiger partial charge in [0.15, 0.2) is 0 Å². The lowest BCUT2D eigenvalue weighted by molar-refractivity contribution is -0.152. The van der Waals surface area contributed by atoms with Gasteiger partial charge in [-0.25, -0.2) is 0 Å². The number of rotatable bonds is 7. The van der Waals surface area contributed by atoms with Gasteiger partial charge in [-0.1, -0.05) is 58.0 Å². The van der Waals surface area contributed by atoms with E-state index in [-0.39, 0.29) is 17.3 Å². The molecule has 4 aliphatic rings. The third-order valence-electron chi connectivity index (χ3n) is 9.20. The highest BCUT2D eigenvalue weighted by atomic mass is 16.5. The Hall–Kier alpha value is -1.48. The standard InChI is InChI=1S/C25H39N3O2/c1-16(15-27-28-26)7-6-8-17(2)21-11-12-22-23-19(13-14-25(21,22)3)18-9-4-5-10-20(18)24(29)30-23/h16-18,20-22H,4-15H2,1-3H3/t16?,17-,18?,20?,21?,22+,25-/m1/s1. The van der Waals surface area contributed by atoms with Crippen molar-refractivity contribution in [2.24, 2.45) is 46.0 Å². The molecule has 0 radical (unpaired) electrons. The summed E-state index contributed by atoms with van der Waals surface area (Å²) in [6, 6.07) is 0. The Morgan fingerprint density at radius 3 is 2.70 bits per heavy atom. The number of nitrogens with zero attached hydrogens (tertiary/aromatic N) is 3. The second-order valence-electron chi connectivity index (χ2n) is 11.0. The van der Waals surface area contributed by atoms with Crippen molar-refractivity contribution in [3.05, 3.63) is 21.8 Å². The lowest BCUT2D eigenvalue weighted by Gasteiger charge is -2.48. The van der Waals surface area contributed by atoms with Crippen LogP contribution in [0.2, 0.25) is 0 Å². The molecule has 0 aromatic carbocycles. The van der Waals surface area contributed by atoms with Crippen LogP contribution in [0.25, 0.3) is 10.4 Å². The number of hydrogen-bond donors (Lipinski definition) is 0. The fraction of sp³-hybridized carbons (Fsp3) is 0.880. The number of fused-ring (bicyclic) bond motifs is 4. The van der Waals surface area contributed by atoms with Crippen LogP contribution in [0.3, 0.4) is 0 Å². The van der Waals surface area contributed by atoms with E-state index in [1.807, 2.05) is 0 Å². The van der Waals surface area contributed by atoms with Crippen LogP contribution in [0.15, 0.2) is 16.4 Å². The van der Waals surface area contributed by atoms with Crippen LogP contribution in [0.1, 0.15) is 91.4 Å². The van der Waals surface area contributed by atoms with Crippen LogP contribution < -0.4 is 0 Å². The largest absolute Gasteiger partial charge is 0.431 e. The van der Waals surface area contributed by atoms with E-state index in [9.17, 15) is 4.79 Å².